The third-order valence-electron chi connectivity index (χ3n) is 3.30. The molecule has 6 heteroatoms. The maximum absolute atomic E-state index is 11.8. The summed E-state index contributed by atoms with van der Waals surface area (Å²) in [6.07, 6.45) is 2.35. The van der Waals surface area contributed by atoms with Gasteiger partial charge in [0.1, 0.15) is 5.75 Å². The molecule has 1 amide bonds. The van der Waals surface area contributed by atoms with Gasteiger partial charge in [-0.05, 0) is 43.0 Å². The number of anilines is 1. The normalized spacial score (nSPS) is 17.4. The molecule has 1 heterocycles. The molecule has 0 bridgehead atoms. The van der Waals surface area contributed by atoms with Gasteiger partial charge in [-0.2, -0.15) is 0 Å². The number of carboxylic acid groups (broad SMARTS) is 1. The summed E-state index contributed by atoms with van der Waals surface area (Å²) in [7, 11) is 0. The van der Waals surface area contributed by atoms with Crippen LogP contribution in [0.3, 0.4) is 0 Å². The Balaban J connectivity index is 1.73. The number of hydrogen-bond acceptors (Lipinski definition) is 4. The van der Waals surface area contributed by atoms with Crippen LogP contribution in [0.2, 0.25) is 0 Å². The molecule has 0 spiro atoms. The third-order valence-corrected chi connectivity index (χ3v) is 3.30. The molecule has 1 aliphatic rings. The van der Waals surface area contributed by atoms with Crippen LogP contribution in [0.15, 0.2) is 24.3 Å². The van der Waals surface area contributed by atoms with Crippen LogP contribution in [0.1, 0.15) is 19.3 Å². The lowest BCUT2D eigenvalue weighted by Crippen LogP contribution is -2.13. The van der Waals surface area contributed by atoms with Gasteiger partial charge >= 0.3 is 5.97 Å². The molecular formula is C15H19NO5. The molecule has 0 aliphatic carbocycles. The summed E-state index contributed by atoms with van der Waals surface area (Å²) in [5.41, 5.74) is 0.672. The fourth-order valence-electron chi connectivity index (χ4n) is 2.15. The highest BCUT2D eigenvalue weighted by Crippen LogP contribution is 2.19. The molecule has 6 nitrogen and oxygen atoms in total. The second-order valence-electron chi connectivity index (χ2n) is 5.02. The van der Waals surface area contributed by atoms with Crippen molar-refractivity contribution >= 4 is 17.6 Å². The fraction of sp³-hybridized carbons (Fsp3) is 0.467. The Kier molecular flexibility index (Phi) is 5.57. The van der Waals surface area contributed by atoms with Gasteiger partial charge in [0.25, 0.3) is 0 Å². The molecule has 1 unspecified atom stereocenters. The number of carboxylic acids is 1. The molecular weight excluding hydrogens is 274 g/mol. The number of carbonyl (C=O) groups excluding carboxylic acids is 1. The number of benzene rings is 1. The van der Waals surface area contributed by atoms with Crippen molar-refractivity contribution in [3.8, 4) is 5.75 Å². The first-order valence-corrected chi connectivity index (χ1v) is 6.96. The van der Waals surface area contributed by atoms with E-state index in [1.165, 1.54) is 0 Å². The Morgan fingerprint density at radius 2 is 2.10 bits per heavy atom. The Hall–Kier alpha value is -2.08. The number of rotatable bonds is 7. The molecule has 1 atom stereocenters. The summed E-state index contributed by atoms with van der Waals surface area (Å²) in [5, 5.41) is 11.3. The highest BCUT2D eigenvalue weighted by molar-refractivity contribution is 5.90. The second kappa shape index (κ2) is 7.64. The van der Waals surface area contributed by atoms with Crippen LogP contribution in [0.25, 0.3) is 0 Å². The molecule has 2 rings (SSSR count). The number of hydrogen-bond donors (Lipinski definition) is 2. The monoisotopic (exact) mass is 293 g/mol. The number of nitrogens with one attached hydrogen (secondary N) is 1. The highest BCUT2D eigenvalue weighted by Gasteiger charge is 2.16. The van der Waals surface area contributed by atoms with Crippen LogP contribution in [0.4, 0.5) is 5.69 Å². The van der Waals surface area contributed by atoms with Crippen molar-refractivity contribution in [2.24, 2.45) is 5.92 Å². The van der Waals surface area contributed by atoms with Gasteiger partial charge in [0.15, 0.2) is 6.61 Å². The van der Waals surface area contributed by atoms with E-state index in [1.54, 1.807) is 24.3 Å². The molecule has 1 aromatic rings. The quantitative estimate of drug-likeness (QED) is 0.802. The van der Waals surface area contributed by atoms with Gasteiger partial charge in [0.05, 0.1) is 0 Å². The highest BCUT2D eigenvalue weighted by atomic mass is 16.5. The zero-order valence-corrected chi connectivity index (χ0v) is 11.7. The molecule has 1 saturated heterocycles. The Labute approximate surface area is 123 Å². The first-order chi connectivity index (χ1) is 10.1. The summed E-state index contributed by atoms with van der Waals surface area (Å²) < 4.78 is 10.3. The van der Waals surface area contributed by atoms with Gasteiger partial charge in [-0.15, -0.1) is 0 Å². The summed E-state index contributed by atoms with van der Waals surface area (Å²) >= 11 is 0. The van der Waals surface area contributed by atoms with Crippen molar-refractivity contribution in [1.29, 1.82) is 0 Å². The second-order valence-corrected chi connectivity index (χ2v) is 5.02. The first kappa shape index (κ1) is 15.3. The minimum Gasteiger partial charge on any atom is -0.482 e. The lowest BCUT2D eigenvalue weighted by Gasteiger charge is -2.09. The molecule has 1 aliphatic heterocycles. The summed E-state index contributed by atoms with van der Waals surface area (Å²) in [4.78, 5) is 22.2. The number of carbonyl (C=O) groups is 2. The number of aliphatic carboxylic acids is 1. The van der Waals surface area contributed by atoms with Crippen LogP contribution in [-0.2, 0) is 14.3 Å². The molecule has 2 N–H and O–H groups in total. The Bertz CT molecular complexity index is 479. The van der Waals surface area contributed by atoms with Gasteiger partial charge in [-0.1, -0.05) is 0 Å². The maximum Gasteiger partial charge on any atom is 0.341 e. The van der Waals surface area contributed by atoms with Gasteiger partial charge in [-0.25, -0.2) is 4.79 Å². The van der Waals surface area contributed by atoms with E-state index < -0.39 is 5.97 Å². The predicted octanol–water partition coefficient (Wildman–Crippen LogP) is 1.91. The first-order valence-electron chi connectivity index (χ1n) is 6.96. The lowest BCUT2D eigenvalue weighted by molar-refractivity contribution is -0.139. The van der Waals surface area contributed by atoms with Gasteiger partial charge in [-0.3, -0.25) is 4.79 Å². The lowest BCUT2D eigenvalue weighted by atomic mass is 10.0. The van der Waals surface area contributed by atoms with Crippen molar-refractivity contribution in [1.82, 2.24) is 0 Å². The molecule has 1 aromatic carbocycles. The predicted molar refractivity (Wildman–Crippen MR) is 76.4 cm³/mol. The van der Waals surface area contributed by atoms with Crippen LogP contribution in [-0.4, -0.2) is 36.8 Å². The van der Waals surface area contributed by atoms with E-state index in [1.807, 2.05) is 0 Å². The molecule has 0 aromatic heterocycles. The van der Waals surface area contributed by atoms with E-state index in [0.29, 0.717) is 23.8 Å². The molecule has 0 saturated carbocycles. The Morgan fingerprint density at radius 3 is 2.71 bits per heavy atom. The minimum atomic E-state index is -1.02. The van der Waals surface area contributed by atoms with Crippen LogP contribution in [0.5, 0.6) is 5.75 Å². The zero-order chi connectivity index (χ0) is 15.1. The molecule has 0 radical (unpaired) electrons. The zero-order valence-electron chi connectivity index (χ0n) is 11.7. The Morgan fingerprint density at radius 1 is 1.33 bits per heavy atom. The number of ether oxygens (including phenoxy) is 2. The fourth-order valence-corrected chi connectivity index (χ4v) is 2.15. The standard InChI is InChI=1S/C15H19NO5/c17-14(6-1-11-7-8-20-9-11)16-12-2-4-13(5-3-12)21-10-15(18)19/h2-5,11H,1,6-10H2,(H,16,17)(H,18,19). The summed E-state index contributed by atoms with van der Waals surface area (Å²) in [6, 6.07) is 6.63. The largest absolute Gasteiger partial charge is 0.482 e. The SMILES string of the molecule is O=C(O)COc1ccc(NC(=O)CCC2CCOC2)cc1. The van der Waals surface area contributed by atoms with Crippen molar-refractivity contribution in [3.63, 3.8) is 0 Å². The van der Waals surface area contributed by atoms with Gasteiger partial charge < -0.3 is 19.9 Å². The van der Waals surface area contributed by atoms with E-state index in [2.05, 4.69) is 5.32 Å². The van der Waals surface area contributed by atoms with E-state index >= 15 is 0 Å². The van der Waals surface area contributed by atoms with Crippen LogP contribution in [0, 0.1) is 5.92 Å². The smallest absolute Gasteiger partial charge is 0.341 e. The van der Waals surface area contributed by atoms with Gasteiger partial charge in [0.2, 0.25) is 5.91 Å². The van der Waals surface area contributed by atoms with Crippen molar-refractivity contribution in [2.45, 2.75) is 19.3 Å². The van der Waals surface area contributed by atoms with Crippen molar-refractivity contribution in [3.05, 3.63) is 24.3 Å². The van der Waals surface area contributed by atoms with E-state index in [-0.39, 0.29) is 12.5 Å². The number of amides is 1. The average molecular weight is 293 g/mol. The maximum atomic E-state index is 11.8. The molecule has 21 heavy (non-hydrogen) atoms. The van der Waals surface area contributed by atoms with E-state index in [0.717, 1.165) is 26.1 Å². The van der Waals surface area contributed by atoms with Crippen LogP contribution < -0.4 is 10.1 Å². The topological polar surface area (TPSA) is 84.9 Å². The van der Waals surface area contributed by atoms with E-state index in [4.69, 9.17) is 14.6 Å². The molecule has 114 valence electrons. The minimum absolute atomic E-state index is 0.0268. The van der Waals surface area contributed by atoms with Crippen molar-refractivity contribution < 1.29 is 24.2 Å². The van der Waals surface area contributed by atoms with Crippen LogP contribution >= 0.6 is 0 Å². The van der Waals surface area contributed by atoms with Crippen molar-refractivity contribution in [2.75, 3.05) is 25.1 Å². The average Bonchev–Trinajstić information content (AvgIpc) is 2.98. The summed E-state index contributed by atoms with van der Waals surface area (Å²) in [6.45, 7) is 1.17. The molecule has 1 fully saturated rings. The van der Waals surface area contributed by atoms with Gasteiger partial charge in [0, 0.05) is 25.3 Å². The van der Waals surface area contributed by atoms with E-state index in [9.17, 15) is 9.59 Å². The third kappa shape index (κ3) is 5.43. The summed E-state index contributed by atoms with van der Waals surface area (Å²) in [5.74, 6) is -0.106.